The van der Waals surface area contributed by atoms with Gasteiger partial charge in [-0.05, 0) is 41.3 Å². The van der Waals surface area contributed by atoms with Crippen molar-refractivity contribution in [3.8, 4) is 5.75 Å². The van der Waals surface area contributed by atoms with Gasteiger partial charge >= 0.3 is 0 Å². The molecule has 0 fully saturated rings. The fourth-order valence-electron chi connectivity index (χ4n) is 3.63. The molecule has 8 nitrogen and oxygen atoms in total. The highest BCUT2D eigenvalue weighted by molar-refractivity contribution is 7.89. The monoisotopic (exact) mass is 512 g/mol. The molecule has 0 bridgehead atoms. The van der Waals surface area contributed by atoms with Crippen LogP contribution in [0.2, 0.25) is 0 Å². The fraction of sp³-hybridized carbons (Fsp3) is 0.296. The molecule has 1 unspecified atom stereocenters. The van der Waals surface area contributed by atoms with E-state index in [2.05, 4.69) is 5.48 Å². The molecule has 0 aromatic heterocycles. The van der Waals surface area contributed by atoms with Crippen molar-refractivity contribution >= 4 is 15.9 Å². The van der Waals surface area contributed by atoms with Crippen molar-refractivity contribution in [3.63, 3.8) is 0 Å². The number of methoxy groups -OCH3 is 1. The molecule has 3 rings (SSSR count). The van der Waals surface area contributed by atoms with Crippen LogP contribution in [0.5, 0.6) is 5.75 Å². The smallest absolute Gasteiger partial charge is 0.264 e. The third-order valence-corrected chi connectivity index (χ3v) is 7.53. The number of sulfonamides is 1. The molecule has 192 valence electrons. The Bertz CT molecular complexity index is 1200. The molecular formula is C27H32N2O6S. The van der Waals surface area contributed by atoms with Gasteiger partial charge in [0, 0.05) is 6.54 Å². The first-order chi connectivity index (χ1) is 17.2. The Morgan fingerprint density at radius 3 is 2.00 bits per heavy atom. The minimum Gasteiger partial charge on any atom is -0.497 e. The van der Waals surface area contributed by atoms with Crippen molar-refractivity contribution in [3.05, 3.63) is 96.1 Å². The molecule has 36 heavy (non-hydrogen) atoms. The number of benzene rings is 3. The number of aliphatic hydroxyl groups is 1. The van der Waals surface area contributed by atoms with Crippen molar-refractivity contribution in [2.75, 3.05) is 7.11 Å². The number of carbonyl (C=O) groups is 1. The van der Waals surface area contributed by atoms with Crippen molar-refractivity contribution in [1.29, 1.82) is 0 Å². The van der Waals surface area contributed by atoms with Crippen LogP contribution in [0.15, 0.2) is 89.8 Å². The van der Waals surface area contributed by atoms with E-state index in [9.17, 15) is 18.3 Å². The van der Waals surface area contributed by atoms with E-state index in [4.69, 9.17) is 9.57 Å². The summed E-state index contributed by atoms with van der Waals surface area (Å²) in [4.78, 5) is 18.7. The highest BCUT2D eigenvalue weighted by atomic mass is 32.2. The molecule has 0 saturated carbocycles. The third-order valence-electron chi connectivity index (χ3n) is 5.69. The zero-order chi connectivity index (χ0) is 26.1. The molecule has 9 heteroatoms. The quantitative estimate of drug-likeness (QED) is 0.360. The number of aliphatic hydroxyl groups excluding tert-OH is 1. The standard InChI is InChI=1S/C27H32N2O6S/c1-20(2)26(30)25(27(31)28-35-19-22-12-8-5-9-13-22)29(18-21-10-6-4-7-11-21)36(32,33)24-16-14-23(34-3)15-17-24/h4-17,20,25-26,30H,18-19H2,1-3H3,(H,28,31)/t25-,26?/m1/s1. The number of carbonyl (C=O) groups excluding carboxylic acids is 1. The van der Waals surface area contributed by atoms with E-state index in [1.165, 1.54) is 31.4 Å². The molecule has 0 heterocycles. The average Bonchev–Trinajstić information content (AvgIpc) is 2.89. The van der Waals surface area contributed by atoms with Gasteiger partial charge < -0.3 is 9.84 Å². The fourth-order valence-corrected chi connectivity index (χ4v) is 5.21. The molecule has 3 aromatic rings. The highest BCUT2D eigenvalue weighted by Gasteiger charge is 2.41. The number of hydroxylamine groups is 1. The summed E-state index contributed by atoms with van der Waals surface area (Å²) >= 11 is 0. The summed E-state index contributed by atoms with van der Waals surface area (Å²) in [5, 5.41) is 11.1. The summed E-state index contributed by atoms with van der Waals surface area (Å²) in [6.45, 7) is 3.39. The number of hydrogen-bond acceptors (Lipinski definition) is 6. The van der Waals surface area contributed by atoms with Crippen LogP contribution in [-0.4, -0.2) is 43.0 Å². The van der Waals surface area contributed by atoms with Gasteiger partial charge in [0.2, 0.25) is 10.0 Å². The lowest BCUT2D eigenvalue weighted by Gasteiger charge is -2.34. The zero-order valence-corrected chi connectivity index (χ0v) is 21.4. The predicted octanol–water partition coefficient (Wildman–Crippen LogP) is 3.52. The summed E-state index contributed by atoms with van der Waals surface area (Å²) in [7, 11) is -2.74. The number of rotatable bonds is 12. The van der Waals surface area contributed by atoms with Crippen LogP contribution in [0, 0.1) is 5.92 Å². The van der Waals surface area contributed by atoms with Crippen LogP contribution < -0.4 is 10.2 Å². The second-order valence-corrected chi connectivity index (χ2v) is 10.5. The van der Waals surface area contributed by atoms with Gasteiger partial charge in [-0.2, -0.15) is 4.31 Å². The molecule has 3 aromatic carbocycles. The van der Waals surface area contributed by atoms with Gasteiger partial charge in [-0.15, -0.1) is 0 Å². The van der Waals surface area contributed by atoms with Crippen molar-refractivity contribution in [2.45, 2.75) is 44.0 Å². The van der Waals surface area contributed by atoms with Crippen LogP contribution in [0.4, 0.5) is 0 Å². The maximum Gasteiger partial charge on any atom is 0.264 e. The molecular weight excluding hydrogens is 480 g/mol. The summed E-state index contributed by atoms with van der Waals surface area (Å²) in [6.07, 6.45) is -1.30. The molecule has 1 amide bonds. The summed E-state index contributed by atoms with van der Waals surface area (Å²) in [6, 6.07) is 22.6. The molecule has 2 N–H and O–H groups in total. The second kappa shape index (κ2) is 12.6. The molecule has 0 spiro atoms. The minimum atomic E-state index is -4.22. The molecule has 0 aliphatic heterocycles. The lowest BCUT2D eigenvalue weighted by atomic mass is 9.99. The number of amides is 1. The van der Waals surface area contributed by atoms with E-state index in [1.807, 2.05) is 36.4 Å². The molecule has 0 aliphatic rings. The van der Waals surface area contributed by atoms with Gasteiger partial charge in [0.15, 0.2) is 0 Å². The molecule has 0 saturated heterocycles. The number of ether oxygens (including phenoxy) is 1. The SMILES string of the molecule is COc1ccc(S(=O)(=O)N(Cc2ccccc2)[C@@H](C(=O)NOCc2ccccc2)C(O)C(C)C)cc1. The summed E-state index contributed by atoms with van der Waals surface area (Å²) in [5.74, 6) is -0.686. The number of nitrogens with one attached hydrogen (secondary N) is 1. The molecule has 2 atom stereocenters. The maximum atomic E-state index is 13.9. The Morgan fingerprint density at radius 2 is 1.47 bits per heavy atom. The van der Waals surface area contributed by atoms with Gasteiger partial charge in [-0.25, -0.2) is 13.9 Å². The lowest BCUT2D eigenvalue weighted by molar-refractivity contribution is -0.143. The Kier molecular flexibility index (Phi) is 9.60. The van der Waals surface area contributed by atoms with E-state index >= 15 is 0 Å². The normalized spacial score (nSPS) is 13.4. The Balaban J connectivity index is 1.97. The maximum absolute atomic E-state index is 13.9. The molecule has 0 radical (unpaired) electrons. The van der Waals surface area contributed by atoms with Gasteiger partial charge in [0.05, 0.1) is 24.7 Å². The zero-order valence-electron chi connectivity index (χ0n) is 20.6. The Labute approximate surface area is 212 Å². The van der Waals surface area contributed by atoms with Crippen LogP contribution in [0.1, 0.15) is 25.0 Å². The van der Waals surface area contributed by atoms with Gasteiger partial charge in [0.1, 0.15) is 11.8 Å². The average molecular weight is 513 g/mol. The van der Waals surface area contributed by atoms with Gasteiger partial charge in [-0.1, -0.05) is 74.5 Å². The van der Waals surface area contributed by atoms with E-state index in [0.29, 0.717) is 11.3 Å². The van der Waals surface area contributed by atoms with Gasteiger partial charge in [-0.3, -0.25) is 9.63 Å². The number of nitrogens with zero attached hydrogens (tertiary/aromatic N) is 1. The van der Waals surface area contributed by atoms with Crippen LogP contribution in [0.25, 0.3) is 0 Å². The Hall–Kier alpha value is -3.24. The molecule has 0 aliphatic carbocycles. The second-order valence-electron chi connectivity index (χ2n) is 8.63. The van der Waals surface area contributed by atoms with Crippen LogP contribution >= 0.6 is 0 Å². The largest absolute Gasteiger partial charge is 0.497 e. The van der Waals surface area contributed by atoms with E-state index in [1.54, 1.807) is 38.1 Å². The first kappa shape index (κ1) is 27.3. The van der Waals surface area contributed by atoms with E-state index in [-0.39, 0.29) is 18.0 Å². The minimum absolute atomic E-state index is 0.0295. The first-order valence-corrected chi connectivity index (χ1v) is 13.0. The third kappa shape index (κ3) is 6.92. The lowest BCUT2D eigenvalue weighted by Crippen LogP contribution is -2.56. The first-order valence-electron chi connectivity index (χ1n) is 11.6. The topological polar surface area (TPSA) is 105 Å². The summed E-state index contributed by atoms with van der Waals surface area (Å²) in [5.41, 5.74) is 3.84. The van der Waals surface area contributed by atoms with Crippen LogP contribution in [-0.2, 0) is 32.8 Å². The summed E-state index contributed by atoms with van der Waals surface area (Å²) < 4.78 is 33.9. The highest BCUT2D eigenvalue weighted by Crippen LogP contribution is 2.26. The predicted molar refractivity (Wildman–Crippen MR) is 136 cm³/mol. The van der Waals surface area contributed by atoms with Gasteiger partial charge in [0.25, 0.3) is 5.91 Å². The van der Waals surface area contributed by atoms with Crippen molar-refractivity contribution in [2.24, 2.45) is 5.92 Å². The van der Waals surface area contributed by atoms with Crippen molar-refractivity contribution in [1.82, 2.24) is 9.79 Å². The van der Waals surface area contributed by atoms with Crippen LogP contribution in [0.3, 0.4) is 0 Å². The Morgan fingerprint density at radius 1 is 0.917 bits per heavy atom. The van der Waals surface area contributed by atoms with Crippen molar-refractivity contribution < 1.29 is 27.9 Å². The van der Waals surface area contributed by atoms with E-state index < -0.39 is 34.0 Å². The van der Waals surface area contributed by atoms with E-state index in [0.717, 1.165) is 9.87 Å². The number of hydrogen-bond donors (Lipinski definition) is 2.